The number of amides is 1. The molecule has 4 heterocycles. The molecule has 0 bridgehead atoms. The molecule has 2 aromatic heterocycles. The molecule has 0 spiro atoms. The van der Waals surface area contributed by atoms with E-state index in [-0.39, 0.29) is 23.2 Å². The van der Waals surface area contributed by atoms with Crippen molar-refractivity contribution in [3.05, 3.63) is 26.7 Å². The van der Waals surface area contributed by atoms with Gasteiger partial charge in [-0.15, -0.1) is 11.3 Å². The lowest BCUT2D eigenvalue weighted by molar-refractivity contribution is -0.153. The third-order valence-electron chi connectivity index (χ3n) is 5.94. The zero-order valence-electron chi connectivity index (χ0n) is 19.0. The number of aromatic nitrogens is 2. The number of ether oxygens (including phenoxy) is 2. The van der Waals surface area contributed by atoms with Gasteiger partial charge < -0.3 is 19.7 Å². The predicted octanol–water partition coefficient (Wildman–Crippen LogP) is 3.55. The molecule has 12 heteroatoms. The number of alkyl halides is 3. The number of aryl methyl sites for hydroxylation is 1. The zero-order chi connectivity index (χ0) is 24.1. The monoisotopic (exact) mass is 518 g/mol. The molecular weight excluding hydrogens is 489 g/mol. The molecule has 0 aromatic carbocycles. The van der Waals surface area contributed by atoms with Gasteiger partial charge in [-0.3, -0.25) is 4.79 Å². The van der Waals surface area contributed by atoms with Crippen LogP contribution in [0.3, 0.4) is 0 Å². The van der Waals surface area contributed by atoms with Gasteiger partial charge in [0.15, 0.2) is 6.61 Å². The van der Waals surface area contributed by atoms with Gasteiger partial charge in [-0.1, -0.05) is 11.3 Å². The van der Waals surface area contributed by atoms with E-state index in [1.807, 2.05) is 6.92 Å². The van der Waals surface area contributed by atoms with E-state index in [4.69, 9.17) is 9.47 Å². The second-order valence-electron chi connectivity index (χ2n) is 8.70. The average Bonchev–Trinajstić information content (AvgIpc) is 3.32. The number of hydrogen-bond donors (Lipinski definition) is 1. The van der Waals surface area contributed by atoms with Gasteiger partial charge in [0.1, 0.15) is 0 Å². The first-order valence-electron chi connectivity index (χ1n) is 11.5. The number of rotatable bonds is 8. The van der Waals surface area contributed by atoms with Gasteiger partial charge in [-0.2, -0.15) is 13.2 Å². The highest BCUT2D eigenvalue weighted by Gasteiger charge is 2.30. The van der Waals surface area contributed by atoms with Crippen LogP contribution in [0.5, 0.6) is 5.19 Å². The minimum Gasteiger partial charge on any atom is -0.460 e. The van der Waals surface area contributed by atoms with Crippen LogP contribution in [0.2, 0.25) is 0 Å². The standard InChI is InChI=1S/C22H29F3N4O3S2/c1-14-26-11-17(33-14)10-20(30)27-15-2-3-16(31-12-15)4-7-29-8-5-18-19(6-9-29)34-21(28-18)32-13-22(23,24)25/h11,15-16H,2-10,12-13H2,1H3,(H,27,30)/t15-,16+/m0/s1. The van der Waals surface area contributed by atoms with Crippen LogP contribution >= 0.6 is 22.7 Å². The molecular formula is C22H29F3N4O3S2. The first kappa shape index (κ1) is 25.3. The average molecular weight is 519 g/mol. The summed E-state index contributed by atoms with van der Waals surface area (Å²) in [6.45, 7) is 3.72. The van der Waals surface area contributed by atoms with Gasteiger partial charge in [0.25, 0.3) is 5.19 Å². The molecule has 4 rings (SSSR count). The maximum absolute atomic E-state index is 12.4. The summed E-state index contributed by atoms with van der Waals surface area (Å²) in [5, 5.41) is 4.13. The van der Waals surface area contributed by atoms with Crippen LogP contribution in [0.4, 0.5) is 13.2 Å². The molecule has 188 valence electrons. The number of nitrogens with zero attached hydrogens (tertiary/aromatic N) is 3. The van der Waals surface area contributed by atoms with Crippen LogP contribution in [-0.4, -0.2) is 71.9 Å². The van der Waals surface area contributed by atoms with Crippen LogP contribution in [0.25, 0.3) is 0 Å². The Balaban J connectivity index is 1.13. The minimum absolute atomic E-state index is 0.00769. The Kier molecular flexibility index (Phi) is 8.43. The molecule has 34 heavy (non-hydrogen) atoms. The summed E-state index contributed by atoms with van der Waals surface area (Å²) in [6.07, 6.45) is 2.14. The van der Waals surface area contributed by atoms with Crippen molar-refractivity contribution in [1.29, 1.82) is 0 Å². The molecule has 0 unspecified atom stereocenters. The molecule has 1 N–H and O–H groups in total. The van der Waals surface area contributed by atoms with Gasteiger partial charge in [0, 0.05) is 42.0 Å². The Morgan fingerprint density at radius 3 is 2.82 bits per heavy atom. The van der Waals surface area contributed by atoms with Crippen LogP contribution < -0.4 is 10.1 Å². The second-order valence-corrected chi connectivity index (χ2v) is 11.1. The van der Waals surface area contributed by atoms with Gasteiger partial charge in [-0.05, 0) is 32.6 Å². The van der Waals surface area contributed by atoms with Gasteiger partial charge in [0.2, 0.25) is 5.91 Å². The zero-order valence-corrected chi connectivity index (χ0v) is 20.7. The number of fused-ring (bicyclic) bond motifs is 1. The molecule has 0 aliphatic carbocycles. The third-order valence-corrected chi connectivity index (χ3v) is 7.93. The van der Waals surface area contributed by atoms with E-state index < -0.39 is 12.8 Å². The first-order valence-corrected chi connectivity index (χ1v) is 13.1. The third kappa shape index (κ3) is 7.62. The van der Waals surface area contributed by atoms with Crippen molar-refractivity contribution >= 4 is 28.6 Å². The minimum atomic E-state index is -4.35. The molecule has 2 atom stereocenters. The first-order chi connectivity index (χ1) is 16.2. The lowest BCUT2D eigenvalue weighted by atomic mass is 10.0. The fraction of sp³-hybridized carbons (Fsp3) is 0.682. The Morgan fingerprint density at radius 1 is 1.29 bits per heavy atom. The highest BCUT2D eigenvalue weighted by atomic mass is 32.1. The molecule has 0 radical (unpaired) electrons. The van der Waals surface area contributed by atoms with Crippen LogP contribution in [0, 0.1) is 6.92 Å². The van der Waals surface area contributed by atoms with Crippen molar-refractivity contribution in [2.75, 3.05) is 32.8 Å². The van der Waals surface area contributed by atoms with Crippen LogP contribution in [0.15, 0.2) is 6.20 Å². The number of carbonyl (C=O) groups excluding carboxylic acids is 1. The molecule has 2 aromatic rings. The smallest absolute Gasteiger partial charge is 0.422 e. The quantitative estimate of drug-likeness (QED) is 0.576. The molecule has 2 aliphatic rings. The molecule has 1 amide bonds. The molecule has 0 saturated carbocycles. The van der Waals surface area contributed by atoms with Crippen molar-refractivity contribution in [3.63, 3.8) is 0 Å². The van der Waals surface area contributed by atoms with Crippen molar-refractivity contribution in [2.45, 2.75) is 63.8 Å². The highest BCUT2D eigenvalue weighted by molar-refractivity contribution is 7.13. The largest absolute Gasteiger partial charge is 0.460 e. The summed E-state index contributed by atoms with van der Waals surface area (Å²) in [5.74, 6) is 0.00769. The van der Waals surface area contributed by atoms with E-state index in [0.29, 0.717) is 19.4 Å². The number of thiazole rings is 2. The lowest BCUT2D eigenvalue weighted by Crippen LogP contribution is -2.44. The maximum Gasteiger partial charge on any atom is 0.422 e. The van der Waals surface area contributed by atoms with Gasteiger partial charge in [0.05, 0.1) is 35.9 Å². The lowest BCUT2D eigenvalue weighted by Gasteiger charge is -2.31. The van der Waals surface area contributed by atoms with Crippen molar-refractivity contribution < 1.29 is 27.4 Å². The van der Waals surface area contributed by atoms with Crippen LogP contribution in [0.1, 0.15) is 39.7 Å². The number of nitrogens with one attached hydrogen (secondary N) is 1. The van der Waals surface area contributed by atoms with Crippen LogP contribution in [-0.2, 0) is 28.8 Å². The topological polar surface area (TPSA) is 76.6 Å². The summed E-state index contributed by atoms with van der Waals surface area (Å²) < 4.78 is 47.9. The second kappa shape index (κ2) is 11.3. The Hall–Kier alpha value is -1.76. The molecule has 1 fully saturated rings. The van der Waals surface area contributed by atoms with Gasteiger partial charge >= 0.3 is 6.18 Å². The van der Waals surface area contributed by atoms with Crippen molar-refractivity contribution in [3.8, 4) is 5.19 Å². The van der Waals surface area contributed by atoms with E-state index in [1.54, 1.807) is 17.5 Å². The van der Waals surface area contributed by atoms with E-state index in [2.05, 4.69) is 20.2 Å². The molecule has 1 saturated heterocycles. The van der Waals surface area contributed by atoms with E-state index in [0.717, 1.165) is 65.8 Å². The summed E-state index contributed by atoms with van der Waals surface area (Å²) in [4.78, 5) is 25.0. The molecule has 2 aliphatic heterocycles. The highest BCUT2D eigenvalue weighted by Crippen LogP contribution is 2.29. The number of halogens is 3. The molecule has 7 nitrogen and oxygen atoms in total. The summed E-state index contributed by atoms with van der Waals surface area (Å²) in [7, 11) is 0. The summed E-state index contributed by atoms with van der Waals surface area (Å²) >= 11 is 2.76. The fourth-order valence-electron chi connectivity index (χ4n) is 4.21. The Bertz CT molecular complexity index is 932. The SMILES string of the molecule is Cc1ncc(CC(=O)N[C@H]2CC[C@H](CCN3CCc4nc(OCC(F)(F)F)sc4CC3)OC2)s1. The summed E-state index contributed by atoms with van der Waals surface area (Å²) in [6, 6.07) is 0.0479. The van der Waals surface area contributed by atoms with Crippen molar-refractivity contribution in [1.82, 2.24) is 20.2 Å². The van der Waals surface area contributed by atoms with Gasteiger partial charge in [-0.25, -0.2) is 9.97 Å². The maximum atomic E-state index is 12.4. The number of carbonyl (C=O) groups is 1. The normalized spacial score (nSPS) is 21.6. The van der Waals surface area contributed by atoms with E-state index in [9.17, 15) is 18.0 Å². The Labute approximate surface area is 204 Å². The fourth-order valence-corrected chi connectivity index (χ4v) is 5.95. The van der Waals surface area contributed by atoms with E-state index in [1.165, 1.54) is 11.3 Å². The van der Waals surface area contributed by atoms with Crippen molar-refractivity contribution in [2.24, 2.45) is 0 Å². The van der Waals surface area contributed by atoms with E-state index >= 15 is 0 Å². The summed E-state index contributed by atoms with van der Waals surface area (Å²) in [5.41, 5.74) is 0.852. The predicted molar refractivity (Wildman–Crippen MR) is 124 cm³/mol. The number of hydrogen-bond acceptors (Lipinski definition) is 8. The Morgan fingerprint density at radius 2 is 2.12 bits per heavy atom.